The predicted molar refractivity (Wildman–Crippen MR) is 95.1 cm³/mol. The second kappa shape index (κ2) is 7.40. The first kappa shape index (κ1) is 18.9. The van der Waals surface area contributed by atoms with Crippen molar-refractivity contribution in [3.63, 3.8) is 0 Å². The van der Waals surface area contributed by atoms with E-state index < -0.39 is 22.7 Å². The molecule has 0 atom stereocenters. The molecule has 3 rings (SSSR count). The Labute approximate surface area is 157 Å². The number of hydrogen-bond donors (Lipinski definition) is 1. The highest BCUT2D eigenvalue weighted by molar-refractivity contribution is 6.31. The second-order valence-corrected chi connectivity index (χ2v) is 6.01. The highest BCUT2D eigenvalue weighted by atomic mass is 35.5. The minimum atomic E-state index is -4.61. The number of hydrogen-bond acceptors (Lipinski definition) is 3. The quantitative estimate of drug-likeness (QED) is 0.694. The molecule has 1 amide bonds. The summed E-state index contributed by atoms with van der Waals surface area (Å²) in [5.74, 6) is -0.0243. The minimum absolute atomic E-state index is 0.00985. The predicted octanol–water partition coefficient (Wildman–Crippen LogP) is 4.75. The first-order valence-electron chi connectivity index (χ1n) is 7.97. The van der Waals surface area contributed by atoms with E-state index in [-0.39, 0.29) is 11.3 Å². The van der Waals surface area contributed by atoms with Gasteiger partial charge in [0.2, 0.25) is 0 Å². The van der Waals surface area contributed by atoms with Crippen molar-refractivity contribution in [3.05, 3.63) is 70.6 Å². The van der Waals surface area contributed by atoms with Crippen LogP contribution >= 0.6 is 11.6 Å². The molecule has 0 fully saturated rings. The van der Waals surface area contributed by atoms with Crippen LogP contribution in [0.15, 0.2) is 48.8 Å². The molecule has 0 saturated carbocycles. The molecule has 0 aliphatic rings. The third-order valence-corrected chi connectivity index (χ3v) is 4.17. The highest BCUT2D eigenvalue weighted by Crippen LogP contribution is 2.36. The molecule has 9 heteroatoms. The molecular formula is C18H14ClF3N4O. The number of amides is 1. The number of carbonyl (C=O) groups is 1. The number of nitrogens with one attached hydrogen (secondary N) is 1. The maximum absolute atomic E-state index is 13.0. The van der Waals surface area contributed by atoms with Gasteiger partial charge in [-0.3, -0.25) is 4.79 Å². The van der Waals surface area contributed by atoms with Crippen molar-refractivity contribution in [1.29, 1.82) is 0 Å². The highest BCUT2D eigenvalue weighted by Gasteiger charge is 2.33. The molecule has 2 heterocycles. The Bertz CT molecular complexity index is 970. The van der Waals surface area contributed by atoms with Crippen molar-refractivity contribution in [1.82, 2.24) is 14.8 Å². The fraction of sp³-hybridized carbons (Fsp3) is 0.167. The van der Waals surface area contributed by atoms with Crippen LogP contribution in [-0.4, -0.2) is 20.7 Å². The summed E-state index contributed by atoms with van der Waals surface area (Å²) in [5.41, 5.74) is -0.172. The number of benzene rings is 1. The molecule has 0 spiro atoms. The lowest BCUT2D eigenvalue weighted by atomic mass is 10.1. The van der Waals surface area contributed by atoms with E-state index in [4.69, 9.17) is 11.6 Å². The standard InChI is InChI=1S/C18H14ClF3N4O/c1-2-15-12(10-24-26(15)16-5-3-4-8-23-16)17(27)25-11-6-7-14(19)13(9-11)18(20,21)22/h3-10H,2H2,1H3,(H,25,27). The van der Waals surface area contributed by atoms with E-state index in [0.717, 1.165) is 12.1 Å². The van der Waals surface area contributed by atoms with Gasteiger partial charge in [0.1, 0.15) is 0 Å². The number of pyridine rings is 1. The van der Waals surface area contributed by atoms with Gasteiger partial charge in [-0.05, 0) is 36.8 Å². The average Bonchev–Trinajstić information content (AvgIpc) is 3.07. The molecule has 0 aliphatic carbocycles. The third-order valence-electron chi connectivity index (χ3n) is 3.84. The SMILES string of the molecule is CCc1c(C(=O)Nc2ccc(Cl)c(C(F)(F)F)c2)cnn1-c1ccccn1. The molecule has 27 heavy (non-hydrogen) atoms. The van der Waals surface area contributed by atoms with Crippen LogP contribution in [0.2, 0.25) is 5.02 Å². The molecule has 2 aromatic heterocycles. The first-order valence-corrected chi connectivity index (χ1v) is 8.35. The Morgan fingerprint density at radius 2 is 2.04 bits per heavy atom. The summed E-state index contributed by atoms with van der Waals surface area (Å²) in [6.07, 6.45) is -1.17. The average molecular weight is 395 g/mol. The van der Waals surface area contributed by atoms with Gasteiger partial charge in [-0.25, -0.2) is 9.67 Å². The van der Waals surface area contributed by atoms with E-state index in [0.29, 0.717) is 17.9 Å². The van der Waals surface area contributed by atoms with E-state index in [9.17, 15) is 18.0 Å². The van der Waals surface area contributed by atoms with Gasteiger partial charge in [0.15, 0.2) is 5.82 Å². The Morgan fingerprint density at radius 3 is 2.67 bits per heavy atom. The lowest BCUT2D eigenvalue weighted by Gasteiger charge is -2.12. The van der Waals surface area contributed by atoms with Crippen LogP contribution in [0.5, 0.6) is 0 Å². The maximum atomic E-state index is 13.0. The Kier molecular flexibility index (Phi) is 5.18. The summed E-state index contributed by atoms with van der Waals surface area (Å²) >= 11 is 5.60. The maximum Gasteiger partial charge on any atom is 0.417 e. The fourth-order valence-electron chi connectivity index (χ4n) is 2.60. The summed E-state index contributed by atoms with van der Waals surface area (Å²) in [6, 6.07) is 8.49. The topological polar surface area (TPSA) is 59.8 Å². The minimum Gasteiger partial charge on any atom is -0.322 e. The van der Waals surface area contributed by atoms with Crippen LogP contribution in [0.25, 0.3) is 5.82 Å². The summed E-state index contributed by atoms with van der Waals surface area (Å²) in [6.45, 7) is 1.84. The van der Waals surface area contributed by atoms with Crippen molar-refractivity contribution in [2.75, 3.05) is 5.32 Å². The monoisotopic (exact) mass is 394 g/mol. The fourth-order valence-corrected chi connectivity index (χ4v) is 2.82. The Balaban J connectivity index is 1.91. The van der Waals surface area contributed by atoms with Crippen LogP contribution in [0.4, 0.5) is 18.9 Å². The molecule has 1 N–H and O–H groups in total. The molecule has 1 aromatic carbocycles. The summed E-state index contributed by atoms with van der Waals surface area (Å²) in [4.78, 5) is 16.8. The number of rotatable bonds is 4. The number of alkyl halides is 3. The van der Waals surface area contributed by atoms with Gasteiger partial charge >= 0.3 is 6.18 Å². The van der Waals surface area contributed by atoms with Crippen LogP contribution in [-0.2, 0) is 12.6 Å². The van der Waals surface area contributed by atoms with E-state index in [1.54, 1.807) is 24.4 Å². The lowest BCUT2D eigenvalue weighted by Crippen LogP contribution is -2.15. The van der Waals surface area contributed by atoms with Crippen LogP contribution < -0.4 is 5.32 Å². The summed E-state index contributed by atoms with van der Waals surface area (Å²) in [7, 11) is 0. The lowest BCUT2D eigenvalue weighted by molar-refractivity contribution is -0.137. The zero-order chi connectivity index (χ0) is 19.6. The third kappa shape index (κ3) is 3.95. The summed E-state index contributed by atoms with van der Waals surface area (Å²) in [5, 5.41) is 6.22. The van der Waals surface area contributed by atoms with Crippen LogP contribution in [0.1, 0.15) is 28.5 Å². The van der Waals surface area contributed by atoms with Gasteiger partial charge in [0, 0.05) is 11.9 Å². The molecule has 3 aromatic rings. The van der Waals surface area contributed by atoms with Gasteiger partial charge < -0.3 is 5.32 Å². The van der Waals surface area contributed by atoms with E-state index in [1.807, 2.05) is 6.92 Å². The smallest absolute Gasteiger partial charge is 0.322 e. The zero-order valence-electron chi connectivity index (χ0n) is 14.1. The molecule has 5 nitrogen and oxygen atoms in total. The van der Waals surface area contributed by atoms with Gasteiger partial charge in [-0.1, -0.05) is 24.6 Å². The molecule has 0 bridgehead atoms. The van der Waals surface area contributed by atoms with Crippen LogP contribution in [0, 0.1) is 0 Å². The van der Waals surface area contributed by atoms with Gasteiger partial charge in [0.05, 0.1) is 28.0 Å². The molecule has 0 saturated heterocycles. The van der Waals surface area contributed by atoms with E-state index in [1.165, 1.54) is 16.9 Å². The van der Waals surface area contributed by atoms with E-state index in [2.05, 4.69) is 15.4 Å². The molecule has 0 radical (unpaired) electrons. The van der Waals surface area contributed by atoms with E-state index >= 15 is 0 Å². The molecular weight excluding hydrogens is 381 g/mol. The van der Waals surface area contributed by atoms with Crippen molar-refractivity contribution < 1.29 is 18.0 Å². The molecule has 140 valence electrons. The second-order valence-electron chi connectivity index (χ2n) is 5.60. The van der Waals surface area contributed by atoms with Crippen molar-refractivity contribution >= 4 is 23.2 Å². The van der Waals surface area contributed by atoms with Gasteiger partial charge in [-0.15, -0.1) is 0 Å². The van der Waals surface area contributed by atoms with Crippen molar-refractivity contribution in [3.8, 4) is 5.82 Å². The van der Waals surface area contributed by atoms with Crippen LogP contribution in [0.3, 0.4) is 0 Å². The van der Waals surface area contributed by atoms with Crippen molar-refractivity contribution in [2.24, 2.45) is 0 Å². The molecule has 0 aliphatic heterocycles. The van der Waals surface area contributed by atoms with Crippen molar-refractivity contribution in [2.45, 2.75) is 19.5 Å². The normalized spacial score (nSPS) is 11.4. The number of anilines is 1. The Hall–Kier alpha value is -2.87. The first-order chi connectivity index (χ1) is 12.8. The van der Waals surface area contributed by atoms with Gasteiger partial charge in [-0.2, -0.15) is 18.3 Å². The number of aromatic nitrogens is 3. The number of nitrogens with zero attached hydrogens (tertiary/aromatic N) is 3. The van der Waals surface area contributed by atoms with Gasteiger partial charge in [0.25, 0.3) is 5.91 Å². The molecule has 0 unspecified atom stereocenters. The zero-order valence-corrected chi connectivity index (χ0v) is 14.8. The number of halogens is 4. The number of carbonyl (C=O) groups excluding carboxylic acids is 1. The Morgan fingerprint density at radius 1 is 1.26 bits per heavy atom. The summed E-state index contributed by atoms with van der Waals surface area (Å²) < 4.78 is 40.5. The largest absolute Gasteiger partial charge is 0.417 e.